The fourth-order valence-corrected chi connectivity index (χ4v) is 5.45. The van der Waals surface area contributed by atoms with Crippen LogP contribution >= 0.6 is 46.4 Å². The Kier molecular flexibility index (Phi) is 6.66. The summed E-state index contributed by atoms with van der Waals surface area (Å²) in [4.78, 5) is 54.0. The lowest BCUT2D eigenvalue weighted by molar-refractivity contribution is -0.139. The van der Waals surface area contributed by atoms with Crippen LogP contribution in [-0.2, 0) is 9.59 Å². The van der Waals surface area contributed by atoms with Gasteiger partial charge in [0.25, 0.3) is 11.8 Å². The number of benzene rings is 3. The molecule has 0 bridgehead atoms. The average Bonchev–Trinajstić information content (AvgIpc) is 3.39. The van der Waals surface area contributed by atoms with Crippen LogP contribution in [-0.4, -0.2) is 30.2 Å². The van der Waals surface area contributed by atoms with Gasteiger partial charge in [0.1, 0.15) is 5.75 Å². The largest absolute Gasteiger partial charge is 0.426 e. The number of esters is 1. The quantitative estimate of drug-likeness (QED) is 0.118. The van der Waals surface area contributed by atoms with E-state index >= 15 is 0 Å². The smallest absolute Gasteiger partial charge is 0.316 e. The van der Waals surface area contributed by atoms with Crippen molar-refractivity contribution < 1.29 is 23.9 Å². The minimum atomic E-state index is -0.705. The number of nitrogens with zero attached hydrogens (tertiary/aromatic N) is 2. The van der Waals surface area contributed by atoms with Crippen molar-refractivity contribution in [3.63, 3.8) is 0 Å². The first kappa shape index (κ1) is 25.5. The number of para-hydroxylation sites is 1. The van der Waals surface area contributed by atoms with Crippen LogP contribution in [0.5, 0.6) is 5.75 Å². The second-order valence-electron chi connectivity index (χ2n) is 8.56. The molecule has 2 aliphatic rings. The topological polar surface area (TPSA) is 84.0 Å². The Hall–Kier alpha value is -3.10. The summed E-state index contributed by atoms with van der Waals surface area (Å²) in [6.07, 6.45) is 0.0342. The van der Waals surface area contributed by atoms with Crippen LogP contribution in [0.4, 0.5) is 11.4 Å². The molecule has 3 amide bonds. The van der Waals surface area contributed by atoms with Crippen LogP contribution in [0.15, 0.2) is 48.5 Å². The summed E-state index contributed by atoms with van der Waals surface area (Å²) in [5.41, 5.74) is 1.17. The number of hydrogen-bond donors (Lipinski definition) is 0. The molecule has 2 heterocycles. The van der Waals surface area contributed by atoms with Crippen molar-refractivity contribution in [2.75, 3.05) is 16.3 Å². The van der Waals surface area contributed by atoms with Gasteiger partial charge >= 0.3 is 5.97 Å². The van der Waals surface area contributed by atoms with Gasteiger partial charge in [-0.2, -0.15) is 0 Å². The Bertz CT molecular complexity index is 1460. The highest BCUT2D eigenvalue weighted by atomic mass is 35.5. The lowest BCUT2D eigenvalue weighted by atomic mass is 10.1. The van der Waals surface area contributed by atoms with E-state index in [0.29, 0.717) is 11.3 Å². The highest BCUT2D eigenvalue weighted by molar-refractivity contribution is 6.56. The minimum absolute atomic E-state index is 0.0342. The van der Waals surface area contributed by atoms with E-state index in [-0.39, 0.29) is 61.5 Å². The van der Waals surface area contributed by atoms with E-state index in [1.165, 1.54) is 18.2 Å². The molecule has 37 heavy (non-hydrogen) atoms. The summed E-state index contributed by atoms with van der Waals surface area (Å²) in [7, 11) is 0. The highest BCUT2D eigenvalue weighted by Gasteiger charge is 2.43. The Morgan fingerprint density at radius 3 is 2.03 bits per heavy atom. The number of imide groups is 1. The molecule has 11 heteroatoms. The van der Waals surface area contributed by atoms with Crippen molar-refractivity contribution >= 4 is 81.5 Å². The zero-order valence-electron chi connectivity index (χ0n) is 19.1. The summed E-state index contributed by atoms with van der Waals surface area (Å²) in [6.45, 7) is 1.86. The number of carbonyl (C=O) groups is 4. The van der Waals surface area contributed by atoms with Crippen LogP contribution < -0.4 is 14.5 Å². The third-order valence-corrected chi connectivity index (χ3v) is 8.06. The first-order valence-corrected chi connectivity index (χ1v) is 12.5. The zero-order valence-corrected chi connectivity index (χ0v) is 22.1. The number of fused-ring (bicyclic) bond motifs is 1. The number of hydrogen-bond acceptors (Lipinski definition) is 5. The second-order valence-corrected chi connectivity index (χ2v) is 10.1. The van der Waals surface area contributed by atoms with Gasteiger partial charge in [-0.15, -0.1) is 0 Å². The van der Waals surface area contributed by atoms with Crippen LogP contribution in [0.25, 0.3) is 0 Å². The molecule has 1 fully saturated rings. The third kappa shape index (κ3) is 4.26. The molecule has 3 aromatic carbocycles. The van der Waals surface area contributed by atoms with Crippen molar-refractivity contribution in [3.8, 4) is 5.75 Å². The second kappa shape index (κ2) is 9.65. The van der Waals surface area contributed by atoms with Gasteiger partial charge in [-0.1, -0.05) is 64.6 Å². The number of aryl methyl sites for hydroxylation is 1. The maximum Gasteiger partial charge on any atom is 0.316 e. The summed E-state index contributed by atoms with van der Waals surface area (Å²) in [5.74, 6) is -2.56. The lowest BCUT2D eigenvalue weighted by Gasteiger charge is -2.18. The summed E-state index contributed by atoms with van der Waals surface area (Å²) in [5, 5.41) is -0.563. The molecule has 7 nitrogen and oxygen atoms in total. The van der Waals surface area contributed by atoms with Crippen LogP contribution in [0, 0.1) is 12.8 Å². The first-order chi connectivity index (χ1) is 17.6. The molecule has 0 saturated carbocycles. The molecule has 5 rings (SSSR count). The molecule has 2 aliphatic heterocycles. The fraction of sp³-hybridized carbons (Fsp3) is 0.154. The van der Waals surface area contributed by atoms with E-state index in [2.05, 4.69) is 0 Å². The van der Waals surface area contributed by atoms with Gasteiger partial charge in [0.05, 0.1) is 42.8 Å². The molecular weight excluding hydrogens is 562 g/mol. The van der Waals surface area contributed by atoms with Gasteiger partial charge < -0.3 is 9.64 Å². The SMILES string of the molecule is Cc1cc(OC(=O)[C@@H]2CC(=O)N(c3ccccc3)C2)ccc1N1C(=O)c2c(Cl)c(Cl)c(Cl)c(Cl)c2C1=O. The molecule has 1 atom stereocenters. The minimum Gasteiger partial charge on any atom is -0.426 e. The molecule has 3 aromatic rings. The van der Waals surface area contributed by atoms with Gasteiger partial charge in [-0.3, -0.25) is 19.2 Å². The number of rotatable bonds is 4. The van der Waals surface area contributed by atoms with E-state index in [1.807, 2.05) is 18.2 Å². The normalized spacial score (nSPS) is 17.0. The molecule has 0 aliphatic carbocycles. The predicted molar refractivity (Wildman–Crippen MR) is 141 cm³/mol. The van der Waals surface area contributed by atoms with Gasteiger partial charge in [-0.05, 0) is 42.8 Å². The monoisotopic (exact) mass is 576 g/mol. The van der Waals surface area contributed by atoms with E-state index in [1.54, 1.807) is 24.0 Å². The summed E-state index contributed by atoms with van der Waals surface area (Å²) in [6, 6.07) is 13.5. The molecule has 0 aromatic heterocycles. The highest BCUT2D eigenvalue weighted by Crippen LogP contribution is 2.46. The van der Waals surface area contributed by atoms with Crippen molar-refractivity contribution in [1.29, 1.82) is 0 Å². The van der Waals surface area contributed by atoms with Crippen molar-refractivity contribution in [3.05, 3.63) is 85.3 Å². The Balaban J connectivity index is 1.36. The van der Waals surface area contributed by atoms with Crippen molar-refractivity contribution in [2.24, 2.45) is 5.92 Å². The lowest BCUT2D eigenvalue weighted by Crippen LogP contribution is -2.30. The molecule has 1 saturated heterocycles. The number of carbonyl (C=O) groups excluding carboxylic acids is 4. The molecular formula is C26H16Cl4N2O5. The maximum absolute atomic E-state index is 13.1. The standard InChI is InChI=1S/C26H16Cl4N2O5/c1-12-9-15(37-26(36)13-10-17(33)31(11-13)14-5-3-2-4-6-14)7-8-16(12)32-24(34)18-19(25(32)35)21(28)23(30)22(29)20(18)27/h2-9,13H,10-11H2,1H3/t13-/m1/s1. The predicted octanol–water partition coefficient (Wildman–Crippen LogP) is 6.37. The van der Waals surface area contributed by atoms with Crippen LogP contribution in [0.1, 0.15) is 32.7 Å². The number of ether oxygens (including phenoxy) is 1. The van der Waals surface area contributed by atoms with E-state index in [4.69, 9.17) is 51.1 Å². The van der Waals surface area contributed by atoms with Crippen LogP contribution in [0.3, 0.4) is 0 Å². The first-order valence-electron chi connectivity index (χ1n) is 11.0. The Morgan fingerprint density at radius 2 is 1.46 bits per heavy atom. The van der Waals surface area contributed by atoms with Crippen molar-refractivity contribution in [2.45, 2.75) is 13.3 Å². The number of halogens is 4. The summed E-state index contributed by atoms with van der Waals surface area (Å²) >= 11 is 24.6. The van der Waals surface area contributed by atoms with E-state index < -0.39 is 23.7 Å². The number of amides is 3. The van der Waals surface area contributed by atoms with Gasteiger partial charge in [0, 0.05) is 18.7 Å². The van der Waals surface area contributed by atoms with Gasteiger partial charge in [-0.25, -0.2) is 4.90 Å². The Labute approximate surface area is 231 Å². The summed E-state index contributed by atoms with van der Waals surface area (Å²) < 4.78 is 5.53. The maximum atomic E-state index is 13.1. The third-order valence-electron chi connectivity index (χ3n) is 6.25. The van der Waals surface area contributed by atoms with Gasteiger partial charge in [0.15, 0.2) is 0 Å². The molecule has 0 unspecified atom stereocenters. The zero-order chi connectivity index (χ0) is 26.6. The number of anilines is 2. The molecule has 188 valence electrons. The van der Waals surface area contributed by atoms with Crippen LogP contribution in [0.2, 0.25) is 20.1 Å². The fourth-order valence-electron chi connectivity index (χ4n) is 4.43. The molecule has 0 N–H and O–H groups in total. The molecule has 0 spiro atoms. The Morgan fingerprint density at radius 1 is 0.865 bits per heavy atom. The van der Waals surface area contributed by atoms with Crippen molar-refractivity contribution in [1.82, 2.24) is 0 Å². The van der Waals surface area contributed by atoms with E-state index in [0.717, 1.165) is 4.90 Å². The van der Waals surface area contributed by atoms with E-state index in [9.17, 15) is 19.2 Å². The van der Waals surface area contributed by atoms with Gasteiger partial charge in [0.2, 0.25) is 5.91 Å². The molecule has 0 radical (unpaired) electrons. The average molecular weight is 578 g/mol.